The van der Waals surface area contributed by atoms with Crippen LogP contribution in [0.2, 0.25) is 0 Å². The van der Waals surface area contributed by atoms with Gasteiger partial charge in [-0.05, 0) is 62.1 Å². The van der Waals surface area contributed by atoms with Gasteiger partial charge in [-0.25, -0.2) is 8.42 Å². The molecular weight excluding hydrogens is 270 g/mol. The first-order chi connectivity index (χ1) is 9.29. The molecule has 0 heterocycles. The maximum Gasteiger partial charge on any atom is 0.262 e. The number of hydrogen-bond donors (Lipinski definition) is 1. The minimum Gasteiger partial charge on any atom is -0.279 e. The minimum absolute atomic E-state index is 0.332. The molecule has 0 unspecified atom stereocenters. The number of nitrogens with one attached hydrogen (secondary N) is 1. The second-order valence-corrected chi connectivity index (χ2v) is 6.84. The second kappa shape index (κ2) is 5.29. The van der Waals surface area contributed by atoms with E-state index in [4.69, 9.17) is 0 Å². The Balaban J connectivity index is 2.46. The summed E-state index contributed by atoms with van der Waals surface area (Å²) in [5.41, 5.74) is 4.23. The van der Waals surface area contributed by atoms with Crippen molar-refractivity contribution in [3.05, 3.63) is 58.7 Å². The highest BCUT2D eigenvalue weighted by atomic mass is 32.2. The van der Waals surface area contributed by atoms with Gasteiger partial charge in [0.2, 0.25) is 0 Å². The molecule has 2 rings (SSSR count). The minimum atomic E-state index is -3.56. The van der Waals surface area contributed by atoms with Crippen molar-refractivity contribution in [1.82, 2.24) is 0 Å². The normalized spacial score (nSPS) is 11.4. The van der Waals surface area contributed by atoms with Crippen molar-refractivity contribution in [3.8, 4) is 0 Å². The fourth-order valence-corrected chi connectivity index (χ4v) is 3.49. The Hall–Kier alpha value is -1.81. The molecule has 2 aromatic carbocycles. The third kappa shape index (κ3) is 3.02. The van der Waals surface area contributed by atoms with Crippen molar-refractivity contribution in [2.45, 2.75) is 32.6 Å². The van der Waals surface area contributed by atoms with Gasteiger partial charge in [-0.2, -0.15) is 0 Å². The summed E-state index contributed by atoms with van der Waals surface area (Å²) in [7, 11) is -3.56. The summed E-state index contributed by atoms with van der Waals surface area (Å²) < 4.78 is 27.7. The molecule has 4 heteroatoms. The average Bonchev–Trinajstić information content (AvgIpc) is 2.36. The Kier molecular flexibility index (Phi) is 3.86. The molecule has 0 aliphatic rings. The SMILES string of the molecule is Cc1ccc(C)c(NS(=O)(=O)c2cc(C)ccc2C)c1. The van der Waals surface area contributed by atoms with Gasteiger partial charge < -0.3 is 0 Å². The number of aryl methyl sites for hydroxylation is 4. The highest BCUT2D eigenvalue weighted by Gasteiger charge is 2.17. The van der Waals surface area contributed by atoms with Gasteiger partial charge in [0.25, 0.3) is 10.0 Å². The van der Waals surface area contributed by atoms with Crippen molar-refractivity contribution in [2.24, 2.45) is 0 Å². The van der Waals surface area contributed by atoms with E-state index in [9.17, 15) is 8.42 Å². The summed E-state index contributed by atoms with van der Waals surface area (Å²) in [5, 5.41) is 0. The van der Waals surface area contributed by atoms with Gasteiger partial charge in [-0.3, -0.25) is 4.72 Å². The molecular formula is C16H19NO2S. The Bertz CT molecular complexity index is 749. The molecule has 0 aliphatic heterocycles. The molecule has 20 heavy (non-hydrogen) atoms. The average molecular weight is 289 g/mol. The van der Waals surface area contributed by atoms with E-state index in [-0.39, 0.29) is 0 Å². The second-order valence-electron chi connectivity index (χ2n) is 5.19. The van der Waals surface area contributed by atoms with E-state index in [1.165, 1.54) is 0 Å². The number of benzene rings is 2. The zero-order chi connectivity index (χ0) is 14.9. The predicted molar refractivity (Wildman–Crippen MR) is 82.6 cm³/mol. The molecule has 1 N–H and O–H groups in total. The maximum absolute atomic E-state index is 12.5. The zero-order valence-electron chi connectivity index (χ0n) is 12.2. The van der Waals surface area contributed by atoms with Crippen LogP contribution in [-0.2, 0) is 10.0 Å². The van der Waals surface area contributed by atoms with Crippen molar-refractivity contribution < 1.29 is 8.42 Å². The fourth-order valence-electron chi connectivity index (χ4n) is 2.04. The Morgan fingerprint density at radius 2 is 1.35 bits per heavy atom. The summed E-state index contributed by atoms with van der Waals surface area (Å²) in [6.45, 7) is 7.52. The van der Waals surface area contributed by atoms with Gasteiger partial charge in [-0.15, -0.1) is 0 Å². The molecule has 0 spiro atoms. The van der Waals surface area contributed by atoms with Crippen molar-refractivity contribution >= 4 is 15.7 Å². The van der Waals surface area contributed by atoms with Gasteiger partial charge in [0, 0.05) is 0 Å². The molecule has 106 valence electrons. The summed E-state index contributed by atoms with van der Waals surface area (Å²) >= 11 is 0. The van der Waals surface area contributed by atoms with Crippen LogP contribution in [0, 0.1) is 27.7 Å². The van der Waals surface area contributed by atoms with Gasteiger partial charge in [0.15, 0.2) is 0 Å². The van der Waals surface area contributed by atoms with Crippen molar-refractivity contribution in [2.75, 3.05) is 4.72 Å². The highest BCUT2D eigenvalue weighted by molar-refractivity contribution is 7.92. The molecule has 0 atom stereocenters. The molecule has 0 fully saturated rings. The number of sulfonamides is 1. The third-order valence-corrected chi connectivity index (χ3v) is 4.78. The summed E-state index contributed by atoms with van der Waals surface area (Å²) in [4.78, 5) is 0.332. The molecule has 2 aromatic rings. The first-order valence-electron chi connectivity index (χ1n) is 6.47. The Labute approximate surface area is 120 Å². The molecule has 0 radical (unpaired) electrons. The number of rotatable bonds is 3. The van der Waals surface area contributed by atoms with Crippen LogP contribution in [0.1, 0.15) is 22.3 Å². The van der Waals surface area contributed by atoms with Crippen LogP contribution < -0.4 is 4.72 Å². The van der Waals surface area contributed by atoms with E-state index in [1.807, 2.05) is 51.1 Å². The standard InChI is InChI=1S/C16H19NO2S/c1-11-5-7-13(3)15(9-11)17-20(18,19)16-10-12(2)6-8-14(16)4/h5-10,17H,1-4H3. The van der Waals surface area contributed by atoms with Crippen molar-refractivity contribution in [3.63, 3.8) is 0 Å². The molecule has 0 saturated heterocycles. The lowest BCUT2D eigenvalue weighted by molar-refractivity contribution is 0.600. The van der Waals surface area contributed by atoms with E-state index in [2.05, 4.69) is 4.72 Å². The fraction of sp³-hybridized carbons (Fsp3) is 0.250. The van der Waals surface area contributed by atoms with Crippen LogP contribution in [0.3, 0.4) is 0 Å². The van der Waals surface area contributed by atoms with E-state index < -0.39 is 10.0 Å². The van der Waals surface area contributed by atoms with Crippen LogP contribution in [0.15, 0.2) is 41.3 Å². The third-order valence-electron chi connectivity index (χ3n) is 3.27. The van der Waals surface area contributed by atoms with Gasteiger partial charge in [-0.1, -0.05) is 24.3 Å². The predicted octanol–water partition coefficient (Wildman–Crippen LogP) is 3.72. The highest BCUT2D eigenvalue weighted by Crippen LogP contribution is 2.23. The smallest absolute Gasteiger partial charge is 0.262 e. The van der Waals surface area contributed by atoms with Crippen LogP contribution >= 0.6 is 0 Å². The summed E-state index contributed by atoms with van der Waals surface area (Å²) in [6.07, 6.45) is 0. The Morgan fingerprint density at radius 1 is 0.800 bits per heavy atom. The van der Waals surface area contributed by atoms with Gasteiger partial charge in [0.05, 0.1) is 10.6 Å². The maximum atomic E-state index is 12.5. The quantitative estimate of drug-likeness (QED) is 0.936. The molecule has 0 bridgehead atoms. The molecule has 0 amide bonds. The zero-order valence-corrected chi connectivity index (χ0v) is 13.0. The summed E-state index contributed by atoms with van der Waals surface area (Å²) in [6, 6.07) is 11.2. The lowest BCUT2D eigenvalue weighted by Gasteiger charge is -2.13. The van der Waals surface area contributed by atoms with E-state index in [0.717, 1.165) is 22.3 Å². The van der Waals surface area contributed by atoms with Gasteiger partial charge in [0.1, 0.15) is 0 Å². The van der Waals surface area contributed by atoms with E-state index in [0.29, 0.717) is 10.6 Å². The summed E-state index contributed by atoms with van der Waals surface area (Å²) in [5.74, 6) is 0. The molecule has 0 aromatic heterocycles. The number of anilines is 1. The van der Waals surface area contributed by atoms with E-state index in [1.54, 1.807) is 13.0 Å². The lowest BCUT2D eigenvalue weighted by Crippen LogP contribution is -2.15. The van der Waals surface area contributed by atoms with Gasteiger partial charge >= 0.3 is 0 Å². The largest absolute Gasteiger partial charge is 0.279 e. The topological polar surface area (TPSA) is 46.2 Å². The van der Waals surface area contributed by atoms with Crippen LogP contribution in [-0.4, -0.2) is 8.42 Å². The Morgan fingerprint density at radius 3 is 2.00 bits per heavy atom. The molecule has 0 saturated carbocycles. The lowest BCUT2D eigenvalue weighted by atomic mass is 10.1. The van der Waals surface area contributed by atoms with Crippen LogP contribution in [0.4, 0.5) is 5.69 Å². The monoisotopic (exact) mass is 289 g/mol. The van der Waals surface area contributed by atoms with Crippen LogP contribution in [0.5, 0.6) is 0 Å². The molecule has 3 nitrogen and oxygen atoms in total. The first kappa shape index (κ1) is 14.6. The first-order valence-corrected chi connectivity index (χ1v) is 7.95. The van der Waals surface area contributed by atoms with Crippen molar-refractivity contribution in [1.29, 1.82) is 0 Å². The van der Waals surface area contributed by atoms with Crippen LogP contribution in [0.25, 0.3) is 0 Å². The van der Waals surface area contributed by atoms with E-state index >= 15 is 0 Å². The molecule has 0 aliphatic carbocycles. The number of hydrogen-bond acceptors (Lipinski definition) is 2.